The van der Waals surface area contributed by atoms with E-state index in [1.165, 1.54) is 18.3 Å². The second-order valence-corrected chi connectivity index (χ2v) is 8.60. The SMILES string of the molecule is O=C(NCc1ccc(S(=O)(=O)N2CC(F)(F)C2)cc1)c1cnc2c(c1)CNN2. The number of hydrazine groups is 1. The first-order valence-corrected chi connectivity index (χ1v) is 9.92. The lowest BCUT2D eigenvalue weighted by Gasteiger charge is -2.37. The van der Waals surface area contributed by atoms with Gasteiger partial charge in [-0.2, -0.15) is 4.31 Å². The molecule has 8 nitrogen and oxygen atoms in total. The number of hydrogen-bond donors (Lipinski definition) is 3. The van der Waals surface area contributed by atoms with Crippen LogP contribution in [0.25, 0.3) is 0 Å². The number of pyridine rings is 1. The Balaban J connectivity index is 1.38. The fourth-order valence-corrected chi connectivity index (χ4v) is 4.45. The molecule has 1 saturated heterocycles. The van der Waals surface area contributed by atoms with Crippen LogP contribution in [0, 0.1) is 0 Å². The Morgan fingerprint density at radius 3 is 2.64 bits per heavy atom. The molecule has 1 aromatic heterocycles. The van der Waals surface area contributed by atoms with Gasteiger partial charge >= 0.3 is 0 Å². The Bertz CT molecular complexity index is 1020. The van der Waals surface area contributed by atoms with E-state index in [0.29, 0.717) is 23.5 Å². The third-order valence-corrected chi connectivity index (χ3v) is 6.35. The van der Waals surface area contributed by atoms with E-state index >= 15 is 0 Å². The van der Waals surface area contributed by atoms with Crippen molar-refractivity contribution in [2.24, 2.45) is 0 Å². The van der Waals surface area contributed by atoms with E-state index in [1.54, 1.807) is 18.2 Å². The summed E-state index contributed by atoms with van der Waals surface area (Å²) in [6.07, 6.45) is 1.46. The van der Waals surface area contributed by atoms with Gasteiger partial charge in [-0.15, -0.1) is 0 Å². The molecule has 3 N–H and O–H groups in total. The lowest BCUT2D eigenvalue weighted by atomic mass is 10.1. The number of aromatic nitrogens is 1. The van der Waals surface area contributed by atoms with Crippen LogP contribution in [-0.4, -0.2) is 42.6 Å². The van der Waals surface area contributed by atoms with Crippen LogP contribution >= 0.6 is 0 Å². The van der Waals surface area contributed by atoms with Crippen LogP contribution < -0.4 is 16.2 Å². The molecular formula is C17H17F2N5O3S. The van der Waals surface area contributed by atoms with Gasteiger partial charge in [0.15, 0.2) is 0 Å². The number of amides is 1. The van der Waals surface area contributed by atoms with Crippen molar-refractivity contribution in [1.29, 1.82) is 0 Å². The fourth-order valence-electron chi connectivity index (χ4n) is 2.96. The van der Waals surface area contributed by atoms with Crippen molar-refractivity contribution >= 4 is 21.7 Å². The largest absolute Gasteiger partial charge is 0.348 e. The Morgan fingerprint density at radius 1 is 1.25 bits per heavy atom. The predicted octanol–water partition coefficient (Wildman–Crippen LogP) is 1.08. The molecule has 0 saturated carbocycles. The summed E-state index contributed by atoms with van der Waals surface area (Å²) in [7, 11) is -3.92. The molecule has 1 amide bonds. The van der Waals surface area contributed by atoms with E-state index in [9.17, 15) is 22.0 Å². The number of anilines is 1. The first kappa shape index (κ1) is 18.7. The van der Waals surface area contributed by atoms with Crippen molar-refractivity contribution in [2.45, 2.75) is 23.9 Å². The first-order chi connectivity index (χ1) is 13.2. The lowest BCUT2D eigenvalue weighted by molar-refractivity contribution is -0.0945. The molecule has 2 aromatic rings. The number of fused-ring (bicyclic) bond motifs is 1. The van der Waals surface area contributed by atoms with Gasteiger partial charge in [-0.05, 0) is 23.8 Å². The van der Waals surface area contributed by atoms with Crippen LogP contribution in [0.1, 0.15) is 21.5 Å². The highest BCUT2D eigenvalue weighted by atomic mass is 32.2. The summed E-state index contributed by atoms with van der Waals surface area (Å²) in [6.45, 7) is -0.836. The van der Waals surface area contributed by atoms with Crippen molar-refractivity contribution in [3.05, 3.63) is 53.2 Å². The second-order valence-electron chi connectivity index (χ2n) is 6.67. The minimum Gasteiger partial charge on any atom is -0.348 e. The third kappa shape index (κ3) is 3.55. The zero-order valence-corrected chi connectivity index (χ0v) is 15.4. The number of alkyl halides is 2. The normalized spacial score (nSPS) is 18.1. The number of sulfonamides is 1. The molecule has 0 unspecified atom stereocenters. The van der Waals surface area contributed by atoms with Gasteiger partial charge in [0.25, 0.3) is 11.8 Å². The Labute approximate surface area is 160 Å². The summed E-state index contributed by atoms with van der Waals surface area (Å²) in [4.78, 5) is 16.4. The molecule has 28 heavy (non-hydrogen) atoms. The lowest BCUT2D eigenvalue weighted by Crippen LogP contribution is -2.58. The molecule has 1 aromatic carbocycles. The van der Waals surface area contributed by atoms with Crippen LogP contribution in [0.4, 0.5) is 14.6 Å². The quantitative estimate of drug-likeness (QED) is 0.683. The highest BCUT2D eigenvalue weighted by Crippen LogP contribution is 2.32. The van der Waals surface area contributed by atoms with Crippen LogP contribution in [0.15, 0.2) is 41.4 Å². The fraction of sp³-hybridized carbons (Fsp3) is 0.294. The molecule has 2 aliphatic rings. The van der Waals surface area contributed by atoms with Gasteiger partial charge in [-0.1, -0.05) is 12.1 Å². The van der Waals surface area contributed by atoms with E-state index in [0.717, 1.165) is 9.87 Å². The number of carbonyl (C=O) groups is 1. The molecule has 0 spiro atoms. The summed E-state index contributed by atoms with van der Waals surface area (Å²) in [5.41, 5.74) is 7.77. The summed E-state index contributed by atoms with van der Waals surface area (Å²) < 4.78 is 51.1. The van der Waals surface area contributed by atoms with Crippen LogP contribution in [0.5, 0.6) is 0 Å². The van der Waals surface area contributed by atoms with Gasteiger partial charge in [0, 0.05) is 24.8 Å². The topological polar surface area (TPSA) is 103 Å². The number of benzene rings is 1. The van der Waals surface area contributed by atoms with E-state index < -0.39 is 29.0 Å². The molecule has 3 heterocycles. The Hall–Kier alpha value is -2.63. The average Bonchev–Trinajstić information content (AvgIpc) is 3.12. The van der Waals surface area contributed by atoms with Crippen LogP contribution in [0.3, 0.4) is 0 Å². The molecule has 0 bridgehead atoms. The molecule has 0 aliphatic carbocycles. The van der Waals surface area contributed by atoms with E-state index in [1.807, 2.05) is 0 Å². The molecule has 4 rings (SSSR count). The molecular weight excluding hydrogens is 392 g/mol. The first-order valence-electron chi connectivity index (χ1n) is 8.48. The van der Waals surface area contributed by atoms with Crippen LogP contribution in [-0.2, 0) is 23.1 Å². The minimum absolute atomic E-state index is 0.0547. The van der Waals surface area contributed by atoms with Crippen molar-refractivity contribution in [2.75, 3.05) is 18.5 Å². The minimum atomic E-state index is -3.92. The van der Waals surface area contributed by atoms with Crippen LogP contribution in [0.2, 0.25) is 0 Å². The number of carbonyl (C=O) groups excluding carboxylic acids is 1. The van der Waals surface area contributed by atoms with E-state index in [2.05, 4.69) is 21.2 Å². The Morgan fingerprint density at radius 2 is 1.96 bits per heavy atom. The Kier molecular flexibility index (Phi) is 4.52. The number of nitrogens with one attached hydrogen (secondary N) is 3. The van der Waals surface area contributed by atoms with Crippen molar-refractivity contribution in [3.8, 4) is 0 Å². The smallest absolute Gasteiger partial charge is 0.275 e. The van der Waals surface area contributed by atoms with Gasteiger partial charge in [-0.25, -0.2) is 27.6 Å². The van der Waals surface area contributed by atoms with Gasteiger partial charge in [-0.3, -0.25) is 4.79 Å². The number of rotatable bonds is 5. The van der Waals surface area contributed by atoms with E-state index in [-0.39, 0.29) is 17.3 Å². The van der Waals surface area contributed by atoms with Gasteiger partial charge < -0.3 is 10.7 Å². The molecule has 0 radical (unpaired) electrons. The average molecular weight is 409 g/mol. The van der Waals surface area contributed by atoms with Gasteiger partial charge in [0.2, 0.25) is 10.0 Å². The zero-order valence-electron chi connectivity index (χ0n) is 14.6. The molecule has 0 atom stereocenters. The molecule has 11 heteroatoms. The molecule has 1 fully saturated rings. The maximum absolute atomic E-state index is 12.9. The van der Waals surface area contributed by atoms with Crippen molar-refractivity contribution in [3.63, 3.8) is 0 Å². The molecule has 148 valence electrons. The van der Waals surface area contributed by atoms with E-state index in [4.69, 9.17) is 0 Å². The zero-order chi connectivity index (χ0) is 19.9. The highest BCUT2D eigenvalue weighted by molar-refractivity contribution is 7.89. The number of hydrogen-bond acceptors (Lipinski definition) is 6. The third-order valence-electron chi connectivity index (χ3n) is 4.54. The number of nitrogens with zero attached hydrogens (tertiary/aromatic N) is 2. The summed E-state index contributed by atoms with van der Waals surface area (Å²) >= 11 is 0. The van der Waals surface area contributed by atoms with Gasteiger partial charge in [0.05, 0.1) is 23.5 Å². The maximum atomic E-state index is 12.9. The summed E-state index contributed by atoms with van der Waals surface area (Å²) in [6, 6.07) is 7.52. The second kappa shape index (κ2) is 6.76. The van der Waals surface area contributed by atoms with Crippen molar-refractivity contribution < 1.29 is 22.0 Å². The van der Waals surface area contributed by atoms with Crippen molar-refractivity contribution in [1.82, 2.24) is 20.0 Å². The summed E-state index contributed by atoms with van der Waals surface area (Å²) in [5, 5.41) is 2.74. The monoisotopic (exact) mass is 409 g/mol. The molecule has 2 aliphatic heterocycles. The maximum Gasteiger partial charge on any atom is 0.275 e. The predicted molar refractivity (Wildman–Crippen MR) is 96.0 cm³/mol. The highest BCUT2D eigenvalue weighted by Gasteiger charge is 2.49. The van der Waals surface area contributed by atoms with Gasteiger partial charge in [0.1, 0.15) is 5.82 Å². The number of halogens is 2. The summed E-state index contributed by atoms with van der Waals surface area (Å²) in [5.74, 6) is -2.58. The standard InChI is InChI=1S/C17H17F2N5O3S/c18-17(19)9-24(10-17)28(26,27)14-3-1-11(2-4-14)6-21-16(25)13-5-12-8-22-23-15(12)20-7-13/h1-5,7,22H,6,8-10H2,(H,20,23)(H,21,25).